The van der Waals surface area contributed by atoms with Crippen LogP contribution in [-0.2, 0) is 4.79 Å². The molecule has 8 nitrogen and oxygen atoms in total. The largest absolute Gasteiger partial charge is 0.480 e. The molecule has 130 valence electrons. The molecule has 3 N–H and O–H groups in total. The molecule has 0 aliphatic rings. The van der Waals surface area contributed by atoms with Gasteiger partial charge < -0.3 is 15.7 Å². The van der Waals surface area contributed by atoms with Crippen LogP contribution in [0.4, 0.5) is 0 Å². The highest BCUT2D eigenvalue weighted by molar-refractivity contribution is 5.96. The van der Waals surface area contributed by atoms with Crippen LogP contribution in [-0.4, -0.2) is 45.4 Å². The Morgan fingerprint density at radius 1 is 1.00 bits per heavy atom. The Balaban J connectivity index is 1.79. The van der Waals surface area contributed by atoms with Crippen molar-refractivity contribution in [2.45, 2.75) is 18.9 Å². The van der Waals surface area contributed by atoms with Crippen molar-refractivity contribution in [1.82, 2.24) is 20.6 Å². The summed E-state index contributed by atoms with van der Waals surface area (Å²) >= 11 is 0. The number of aromatic nitrogens is 2. The van der Waals surface area contributed by atoms with E-state index in [1.54, 1.807) is 30.5 Å². The van der Waals surface area contributed by atoms with Crippen molar-refractivity contribution >= 4 is 17.8 Å². The zero-order valence-corrected chi connectivity index (χ0v) is 13.4. The first-order valence-corrected chi connectivity index (χ1v) is 7.70. The molecule has 25 heavy (non-hydrogen) atoms. The first-order chi connectivity index (χ1) is 12.1. The molecule has 0 aromatic carbocycles. The molecule has 2 aromatic heterocycles. The quantitative estimate of drug-likeness (QED) is 0.612. The van der Waals surface area contributed by atoms with Gasteiger partial charge in [0.05, 0.1) is 11.1 Å². The number of carboxylic acids is 1. The van der Waals surface area contributed by atoms with E-state index < -0.39 is 17.9 Å². The second kappa shape index (κ2) is 9.11. The van der Waals surface area contributed by atoms with Gasteiger partial charge in [-0.25, -0.2) is 4.79 Å². The molecular weight excluding hydrogens is 324 g/mol. The number of carbonyl (C=O) groups is 3. The highest BCUT2D eigenvalue weighted by atomic mass is 16.4. The number of aliphatic carboxylic acids is 1. The number of rotatable bonds is 8. The molecule has 2 heterocycles. The number of hydrogen-bond acceptors (Lipinski definition) is 5. The van der Waals surface area contributed by atoms with Crippen LogP contribution in [0.5, 0.6) is 0 Å². The minimum absolute atomic E-state index is 0.189. The maximum absolute atomic E-state index is 12.0. The first kappa shape index (κ1) is 18.1. The highest BCUT2D eigenvalue weighted by Crippen LogP contribution is 2.02. The van der Waals surface area contributed by atoms with E-state index in [0.717, 1.165) is 0 Å². The van der Waals surface area contributed by atoms with Gasteiger partial charge in [-0.05, 0) is 37.1 Å². The number of pyridine rings is 2. The van der Waals surface area contributed by atoms with Gasteiger partial charge in [-0.3, -0.25) is 19.6 Å². The third-order valence-corrected chi connectivity index (χ3v) is 3.41. The number of amides is 2. The smallest absolute Gasteiger partial charge is 0.326 e. The molecule has 1 atom stereocenters. The normalized spacial score (nSPS) is 11.4. The lowest BCUT2D eigenvalue weighted by Gasteiger charge is -2.14. The van der Waals surface area contributed by atoms with E-state index in [1.807, 2.05) is 0 Å². The second-order valence-corrected chi connectivity index (χ2v) is 5.25. The molecule has 0 saturated carbocycles. The number of hydrogen-bond donors (Lipinski definition) is 3. The third-order valence-electron chi connectivity index (χ3n) is 3.41. The van der Waals surface area contributed by atoms with Crippen molar-refractivity contribution in [1.29, 1.82) is 0 Å². The van der Waals surface area contributed by atoms with Gasteiger partial charge in [0.25, 0.3) is 11.8 Å². The van der Waals surface area contributed by atoms with Crippen molar-refractivity contribution < 1.29 is 19.5 Å². The fourth-order valence-corrected chi connectivity index (χ4v) is 2.10. The van der Waals surface area contributed by atoms with Gasteiger partial charge in [0.15, 0.2) is 0 Å². The monoisotopic (exact) mass is 342 g/mol. The number of nitrogens with one attached hydrogen (secondary N) is 2. The minimum atomic E-state index is -1.13. The highest BCUT2D eigenvalue weighted by Gasteiger charge is 2.20. The van der Waals surface area contributed by atoms with Crippen LogP contribution in [0, 0.1) is 0 Å². The summed E-state index contributed by atoms with van der Waals surface area (Å²) < 4.78 is 0. The Bertz CT molecular complexity index is 722. The van der Waals surface area contributed by atoms with Crippen LogP contribution in [0.1, 0.15) is 33.6 Å². The number of carbonyl (C=O) groups excluding carboxylic acids is 2. The van der Waals surface area contributed by atoms with Gasteiger partial charge >= 0.3 is 5.97 Å². The molecule has 0 aliphatic carbocycles. The zero-order valence-electron chi connectivity index (χ0n) is 13.4. The lowest BCUT2D eigenvalue weighted by Crippen LogP contribution is -2.41. The summed E-state index contributed by atoms with van der Waals surface area (Å²) in [7, 11) is 0. The van der Waals surface area contributed by atoms with Crippen molar-refractivity contribution in [3.63, 3.8) is 0 Å². The molecule has 2 rings (SSSR count). The minimum Gasteiger partial charge on any atom is -0.480 e. The number of carboxylic acid groups (broad SMARTS) is 1. The van der Waals surface area contributed by atoms with Crippen LogP contribution < -0.4 is 10.6 Å². The van der Waals surface area contributed by atoms with Crippen LogP contribution >= 0.6 is 0 Å². The predicted molar refractivity (Wildman–Crippen MR) is 88.9 cm³/mol. The molecule has 0 fully saturated rings. The van der Waals surface area contributed by atoms with Crippen molar-refractivity contribution in [2.24, 2.45) is 0 Å². The molecule has 2 amide bonds. The Morgan fingerprint density at radius 2 is 1.60 bits per heavy atom. The lowest BCUT2D eigenvalue weighted by atomic mass is 10.1. The van der Waals surface area contributed by atoms with E-state index in [1.165, 1.54) is 18.6 Å². The lowest BCUT2D eigenvalue weighted by molar-refractivity contribution is -0.139. The van der Waals surface area contributed by atoms with Crippen molar-refractivity contribution in [3.8, 4) is 0 Å². The molecular formula is C17H18N4O4. The molecule has 0 saturated heterocycles. The van der Waals surface area contributed by atoms with Gasteiger partial charge in [-0.2, -0.15) is 0 Å². The van der Waals surface area contributed by atoms with Crippen LogP contribution in [0.25, 0.3) is 0 Å². The fraction of sp³-hybridized carbons (Fsp3) is 0.235. The Hall–Kier alpha value is -3.29. The Kier molecular flexibility index (Phi) is 6.58. The fourth-order valence-electron chi connectivity index (χ4n) is 2.10. The topological polar surface area (TPSA) is 121 Å². The van der Waals surface area contributed by atoms with E-state index in [2.05, 4.69) is 20.6 Å². The summed E-state index contributed by atoms with van der Waals surface area (Å²) in [6, 6.07) is 5.40. The predicted octanol–water partition coefficient (Wildman–Crippen LogP) is 0.870. The Morgan fingerprint density at radius 3 is 2.12 bits per heavy atom. The molecule has 8 heteroatoms. The van der Waals surface area contributed by atoms with Gasteiger partial charge in [0.2, 0.25) is 0 Å². The molecule has 2 aromatic rings. The van der Waals surface area contributed by atoms with Crippen LogP contribution in [0.3, 0.4) is 0 Å². The summed E-state index contributed by atoms with van der Waals surface area (Å²) in [5.74, 6) is -1.91. The molecule has 0 unspecified atom stereocenters. The number of nitrogens with zero attached hydrogens (tertiary/aromatic N) is 2. The molecule has 0 aliphatic heterocycles. The summed E-state index contributed by atoms with van der Waals surface area (Å²) in [6.07, 6.45) is 6.49. The average Bonchev–Trinajstić information content (AvgIpc) is 2.65. The SMILES string of the molecule is O=C(NCCC[C@H](NC(=O)c1cccnc1)C(=O)O)c1cccnc1. The van der Waals surface area contributed by atoms with E-state index in [9.17, 15) is 19.5 Å². The van der Waals surface area contributed by atoms with Crippen LogP contribution in [0.15, 0.2) is 49.1 Å². The summed E-state index contributed by atoms with van der Waals surface area (Å²) in [6.45, 7) is 0.292. The maximum Gasteiger partial charge on any atom is 0.326 e. The van der Waals surface area contributed by atoms with Gasteiger partial charge in [-0.1, -0.05) is 0 Å². The maximum atomic E-state index is 12.0. The van der Waals surface area contributed by atoms with E-state index >= 15 is 0 Å². The molecule has 0 radical (unpaired) electrons. The standard InChI is InChI=1S/C17H18N4O4/c22-15(12-4-1-7-18-10-12)20-9-3-6-14(17(24)25)21-16(23)13-5-2-8-19-11-13/h1-2,4-5,7-8,10-11,14H,3,6,9H2,(H,20,22)(H,21,23)(H,24,25)/t14-/m0/s1. The average molecular weight is 342 g/mol. The first-order valence-electron chi connectivity index (χ1n) is 7.70. The summed E-state index contributed by atoms with van der Waals surface area (Å²) in [4.78, 5) is 42.8. The van der Waals surface area contributed by atoms with Crippen molar-refractivity contribution in [3.05, 3.63) is 60.2 Å². The molecule has 0 spiro atoms. The summed E-state index contributed by atoms with van der Waals surface area (Å²) in [5, 5.41) is 14.4. The Labute approximate surface area is 144 Å². The second-order valence-electron chi connectivity index (χ2n) is 5.25. The van der Waals surface area contributed by atoms with Gasteiger partial charge in [0, 0.05) is 31.3 Å². The summed E-state index contributed by atoms with van der Waals surface area (Å²) in [5.41, 5.74) is 0.723. The van der Waals surface area contributed by atoms with E-state index in [0.29, 0.717) is 24.1 Å². The van der Waals surface area contributed by atoms with Gasteiger partial charge in [0.1, 0.15) is 6.04 Å². The van der Waals surface area contributed by atoms with E-state index in [4.69, 9.17) is 0 Å². The van der Waals surface area contributed by atoms with Crippen LogP contribution in [0.2, 0.25) is 0 Å². The third kappa shape index (κ3) is 5.69. The molecule has 0 bridgehead atoms. The van der Waals surface area contributed by atoms with Gasteiger partial charge in [-0.15, -0.1) is 0 Å². The van der Waals surface area contributed by atoms with E-state index in [-0.39, 0.29) is 12.3 Å². The zero-order chi connectivity index (χ0) is 18.1. The van der Waals surface area contributed by atoms with Crippen molar-refractivity contribution in [2.75, 3.05) is 6.54 Å².